The second kappa shape index (κ2) is 47.3. The quantitative estimate of drug-likeness (QED) is 0.0264. The van der Waals surface area contributed by atoms with Gasteiger partial charge in [0.1, 0.15) is 13.2 Å². The summed E-state index contributed by atoms with van der Waals surface area (Å²) in [6.07, 6.45) is 54.0. The molecule has 6 nitrogen and oxygen atoms in total. The van der Waals surface area contributed by atoms with Crippen LogP contribution in [0.15, 0.2) is 36.5 Å². The van der Waals surface area contributed by atoms with Crippen molar-refractivity contribution in [3.63, 3.8) is 0 Å². The van der Waals surface area contributed by atoms with E-state index in [0.29, 0.717) is 19.3 Å². The summed E-state index contributed by atoms with van der Waals surface area (Å²) < 4.78 is 16.7. The molecule has 0 rings (SSSR count). The molecule has 0 unspecified atom stereocenters. The monoisotopic (exact) mass is 815 g/mol. The van der Waals surface area contributed by atoms with Gasteiger partial charge in [0.15, 0.2) is 6.10 Å². The predicted molar refractivity (Wildman–Crippen MR) is 247 cm³/mol. The van der Waals surface area contributed by atoms with Crippen LogP contribution >= 0.6 is 0 Å². The van der Waals surface area contributed by atoms with E-state index in [-0.39, 0.29) is 31.1 Å². The Morgan fingerprint density at radius 2 is 0.569 bits per heavy atom. The van der Waals surface area contributed by atoms with Crippen molar-refractivity contribution in [1.29, 1.82) is 0 Å². The highest BCUT2D eigenvalue weighted by Gasteiger charge is 2.19. The van der Waals surface area contributed by atoms with Gasteiger partial charge in [-0.1, -0.05) is 179 Å². The average molecular weight is 815 g/mol. The summed E-state index contributed by atoms with van der Waals surface area (Å²) in [5, 5.41) is 0. The Bertz CT molecular complexity index is 984. The van der Waals surface area contributed by atoms with Gasteiger partial charge >= 0.3 is 17.9 Å². The summed E-state index contributed by atoms with van der Waals surface area (Å²) in [5.41, 5.74) is 0. The van der Waals surface area contributed by atoms with Crippen LogP contribution in [0.1, 0.15) is 258 Å². The Balaban J connectivity index is 4.40. The van der Waals surface area contributed by atoms with Gasteiger partial charge in [-0.15, -0.1) is 0 Å². The fourth-order valence-electron chi connectivity index (χ4n) is 7.01. The van der Waals surface area contributed by atoms with Crippen molar-refractivity contribution >= 4 is 17.9 Å². The summed E-state index contributed by atoms with van der Waals surface area (Å²) >= 11 is 0. The van der Waals surface area contributed by atoms with Gasteiger partial charge in [0.25, 0.3) is 0 Å². The van der Waals surface area contributed by atoms with E-state index in [9.17, 15) is 14.4 Å². The maximum atomic E-state index is 12.8. The normalized spacial score (nSPS) is 12.3. The number of carbonyl (C=O) groups is 3. The molecule has 0 aliphatic heterocycles. The molecule has 0 aromatic rings. The Kier molecular flexibility index (Phi) is 45.4. The molecule has 0 amide bonds. The lowest BCUT2D eigenvalue weighted by atomic mass is 10.1. The molecule has 0 aromatic carbocycles. The van der Waals surface area contributed by atoms with E-state index < -0.39 is 6.10 Å². The van der Waals surface area contributed by atoms with E-state index in [2.05, 4.69) is 57.2 Å². The SMILES string of the molecule is CCCCC/C=C\CCCCCCCC(=O)OC[C@H](COC(=O)CCCCCCC/C=C\CCCCCCC)OC(=O)CCCCCCC/C=C\CCCCCCC. The Hall–Kier alpha value is -2.37. The van der Waals surface area contributed by atoms with Crippen LogP contribution in [0.4, 0.5) is 0 Å². The van der Waals surface area contributed by atoms with Crippen molar-refractivity contribution < 1.29 is 28.6 Å². The average Bonchev–Trinajstić information content (AvgIpc) is 3.22. The molecule has 0 saturated heterocycles. The lowest BCUT2D eigenvalue weighted by Crippen LogP contribution is -2.30. The van der Waals surface area contributed by atoms with Crippen LogP contribution in [-0.4, -0.2) is 37.2 Å². The van der Waals surface area contributed by atoms with Crippen molar-refractivity contribution in [1.82, 2.24) is 0 Å². The Labute approximate surface area is 359 Å². The Morgan fingerprint density at radius 3 is 0.897 bits per heavy atom. The summed E-state index contributed by atoms with van der Waals surface area (Å²) in [4.78, 5) is 37.9. The molecule has 0 spiro atoms. The first kappa shape index (κ1) is 55.6. The van der Waals surface area contributed by atoms with E-state index >= 15 is 0 Å². The topological polar surface area (TPSA) is 78.9 Å². The molecule has 0 N–H and O–H groups in total. The first-order chi connectivity index (χ1) is 28.5. The first-order valence-corrected chi connectivity index (χ1v) is 25.0. The number of hydrogen-bond donors (Lipinski definition) is 0. The zero-order chi connectivity index (χ0) is 42.3. The highest BCUT2D eigenvalue weighted by Crippen LogP contribution is 2.14. The fraction of sp³-hybridized carbons (Fsp3) is 0.827. The van der Waals surface area contributed by atoms with Crippen LogP contribution < -0.4 is 0 Å². The number of allylic oxidation sites excluding steroid dienone is 6. The van der Waals surface area contributed by atoms with Crippen molar-refractivity contribution in [2.24, 2.45) is 0 Å². The van der Waals surface area contributed by atoms with Crippen molar-refractivity contribution in [3.05, 3.63) is 36.5 Å². The van der Waals surface area contributed by atoms with Crippen LogP contribution in [0.5, 0.6) is 0 Å². The van der Waals surface area contributed by atoms with E-state index in [4.69, 9.17) is 14.2 Å². The minimum Gasteiger partial charge on any atom is -0.462 e. The largest absolute Gasteiger partial charge is 0.462 e. The van der Waals surface area contributed by atoms with Crippen LogP contribution in [-0.2, 0) is 28.6 Å². The number of ether oxygens (including phenoxy) is 3. The molecule has 58 heavy (non-hydrogen) atoms. The van der Waals surface area contributed by atoms with E-state index in [1.54, 1.807) is 0 Å². The van der Waals surface area contributed by atoms with Crippen LogP contribution in [0.3, 0.4) is 0 Å². The molecule has 0 bridgehead atoms. The van der Waals surface area contributed by atoms with Gasteiger partial charge in [0.05, 0.1) is 0 Å². The zero-order valence-corrected chi connectivity index (χ0v) is 38.6. The van der Waals surface area contributed by atoms with Crippen LogP contribution in [0, 0.1) is 0 Å². The third-order valence-electron chi connectivity index (χ3n) is 10.8. The molecule has 0 saturated carbocycles. The predicted octanol–water partition coefficient (Wildman–Crippen LogP) is 16.1. The van der Waals surface area contributed by atoms with Crippen LogP contribution in [0.25, 0.3) is 0 Å². The summed E-state index contributed by atoms with van der Waals surface area (Å²) in [6, 6.07) is 0. The van der Waals surface area contributed by atoms with Gasteiger partial charge < -0.3 is 14.2 Å². The Morgan fingerprint density at radius 1 is 0.328 bits per heavy atom. The maximum absolute atomic E-state index is 12.8. The van der Waals surface area contributed by atoms with Gasteiger partial charge in [-0.05, 0) is 96.3 Å². The van der Waals surface area contributed by atoms with Gasteiger partial charge in [0.2, 0.25) is 0 Å². The van der Waals surface area contributed by atoms with Gasteiger partial charge in [-0.3, -0.25) is 14.4 Å². The highest BCUT2D eigenvalue weighted by atomic mass is 16.6. The van der Waals surface area contributed by atoms with Crippen molar-refractivity contribution in [3.8, 4) is 0 Å². The maximum Gasteiger partial charge on any atom is 0.306 e. The zero-order valence-electron chi connectivity index (χ0n) is 38.6. The molecule has 1 atom stereocenters. The number of unbranched alkanes of at least 4 members (excludes halogenated alkanes) is 28. The molecule has 0 aliphatic carbocycles. The smallest absolute Gasteiger partial charge is 0.306 e. The molecular weight excluding hydrogens is 721 g/mol. The minimum absolute atomic E-state index is 0.0813. The molecule has 0 fully saturated rings. The molecular formula is C52H94O6. The van der Waals surface area contributed by atoms with Crippen molar-refractivity contribution in [2.45, 2.75) is 264 Å². The highest BCUT2D eigenvalue weighted by molar-refractivity contribution is 5.71. The molecule has 0 aromatic heterocycles. The minimum atomic E-state index is -0.779. The third kappa shape index (κ3) is 44.7. The standard InChI is InChI=1S/C52H94O6/c1-4-7-10-13-16-19-22-25-27-30-33-36-39-42-45-51(54)57-48-49(47-56-50(53)44-41-38-35-32-29-24-21-18-15-12-9-6-3)58-52(55)46-43-40-37-34-31-28-26-23-20-17-14-11-8-5-2/h18,21-23,25-26,49H,4-17,19-20,24,27-48H2,1-3H3/b21-18-,25-22-,26-23-/t49-/m1/s1. The van der Waals surface area contributed by atoms with E-state index in [1.165, 1.54) is 135 Å². The second-order valence-corrected chi connectivity index (χ2v) is 16.7. The summed E-state index contributed by atoms with van der Waals surface area (Å²) in [5.74, 6) is -0.901. The van der Waals surface area contributed by atoms with Gasteiger partial charge in [-0.2, -0.15) is 0 Å². The fourth-order valence-corrected chi connectivity index (χ4v) is 7.01. The van der Waals surface area contributed by atoms with Crippen LogP contribution in [0.2, 0.25) is 0 Å². The molecule has 6 heteroatoms. The van der Waals surface area contributed by atoms with Gasteiger partial charge in [0, 0.05) is 19.3 Å². The molecule has 0 radical (unpaired) electrons. The number of esters is 3. The number of hydrogen-bond acceptors (Lipinski definition) is 6. The molecule has 338 valence electrons. The first-order valence-electron chi connectivity index (χ1n) is 25.0. The second-order valence-electron chi connectivity index (χ2n) is 16.7. The molecule has 0 heterocycles. The number of rotatable bonds is 45. The lowest BCUT2D eigenvalue weighted by molar-refractivity contribution is -0.167. The third-order valence-corrected chi connectivity index (χ3v) is 10.8. The summed E-state index contributed by atoms with van der Waals surface area (Å²) in [6.45, 7) is 6.58. The summed E-state index contributed by atoms with van der Waals surface area (Å²) in [7, 11) is 0. The van der Waals surface area contributed by atoms with E-state index in [0.717, 1.165) is 83.5 Å². The van der Waals surface area contributed by atoms with Gasteiger partial charge in [-0.25, -0.2) is 0 Å². The molecule has 0 aliphatic rings. The number of carbonyl (C=O) groups excluding carboxylic acids is 3. The lowest BCUT2D eigenvalue weighted by Gasteiger charge is -2.18. The van der Waals surface area contributed by atoms with E-state index in [1.807, 2.05) is 0 Å². The van der Waals surface area contributed by atoms with Crippen molar-refractivity contribution in [2.75, 3.05) is 13.2 Å².